The van der Waals surface area contributed by atoms with Crippen molar-refractivity contribution in [3.05, 3.63) is 193 Å². The SMILES string of the molecule is Fc1cc2c(cc1-c1ccccc1)-c1nc-2nc2[nH]c(nc3nc(nc4[nH]c(n1)c1cc(F)c(-c5ccccc5)cc41)-c1cc(F)c(-c4ccccc4)cc1-3)c1cc(F)c(-c3ccccc3)cc21. The Bertz CT molecular complexity index is 3800. The van der Waals surface area contributed by atoms with Crippen molar-refractivity contribution in [1.82, 2.24) is 39.9 Å². The zero-order valence-corrected chi connectivity index (χ0v) is 35.4. The number of benzene rings is 8. The fraction of sp³-hybridized carbons (Fsp3) is 0. The molecule has 3 aromatic heterocycles. The molecule has 8 nitrogen and oxygen atoms in total. The number of nitrogens with zero attached hydrogens (tertiary/aromatic N) is 6. The van der Waals surface area contributed by atoms with Crippen LogP contribution in [0.4, 0.5) is 17.6 Å². The summed E-state index contributed by atoms with van der Waals surface area (Å²) in [5.41, 5.74) is 6.33. The van der Waals surface area contributed by atoms with E-state index in [4.69, 9.17) is 29.9 Å². The molecule has 5 heterocycles. The van der Waals surface area contributed by atoms with Crippen LogP contribution in [-0.2, 0) is 0 Å². The topological polar surface area (TPSA) is 109 Å². The summed E-state index contributed by atoms with van der Waals surface area (Å²) in [4.78, 5) is 36.7. The quantitative estimate of drug-likeness (QED) is 0.170. The summed E-state index contributed by atoms with van der Waals surface area (Å²) in [6.45, 7) is 0. The Balaban J connectivity index is 1.18. The van der Waals surface area contributed by atoms with Crippen molar-refractivity contribution in [1.29, 1.82) is 0 Å². The maximum Gasteiger partial charge on any atom is 0.164 e. The number of fused-ring (bicyclic) bond motifs is 20. The number of nitrogens with one attached hydrogen (secondary N) is 2. The van der Waals surface area contributed by atoms with Crippen LogP contribution in [0.1, 0.15) is 0 Å². The summed E-state index contributed by atoms with van der Waals surface area (Å²) < 4.78 is 65.6. The number of H-pyrrole nitrogens is 2. The highest BCUT2D eigenvalue weighted by Gasteiger charge is 2.27. The van der Waals surface area contributed by atoms with Crippen LogP contribution in [-0.4, -0.2) is 39.9 Å². The Kier molecular flexibility index (Phi) is 8.77. The average molecular weight is 891 g/mol. The first kappa shape index (κ1) is 39.2. The lowest BCUT2D eigenvalue weighted by atomic mass is 9.98. The van der Waals surface area contributed by atoms with Gasteiger partial charge >= 0.3 is 0 Å². The monoisotopic (exact) mass is 890 g/mol. The molecule has 8 bridgehead atoms. The van der Waals surface area contributed by atoms with Crippen LogP contribution in [0.15, 0.2) is 170 Å². The van der Waals surface area contributed by atoms with Crippen molar-refractivity contribution in [3.63, 3.8) is 0 Å². The molecular formula is C56H30F4N8. The van der Waals surface area contributed by atoms with E-state index in [0.717, 1.165) is 0 Å². The molecule has 0 aliphatic carbocycles. The van der Waals surface area contributed by atoms with Gasteiger partial charge < -0.3 is 9.97 Å². The third-order valence-corrected chi connectivity index (χ3v) is 12.5. The van der Waals surface area contributed by atoms with Crippen LogP contribution in [0.2, 0.25) is 0 Å². The van der Waals surface area contributed by atoms with Gasteiger partial charge in [0.2, 0.25) is 0 Å². The largest absolute Gasteiger partial charge is 0.324 e. The minimum absolute atomic E-state index is 0.116. The minimum Gasteiger partial charge on any atom is -0.324 e. The molecule has 0 atom stereocenters. The van der Waals surface area contributed by atoms with Gasteiger partial charge in [-0.05, 0) is 70.8 Å². The van der Waals surface area contributed by atoms with Crippen molar-refractivity contribution in [2.75, 3.05) is 0 Å². The van der Waals surface area contributed by atoms with E-state index in [2.05, 4.69) is 9.97 Å². The molecule has 2 aliphatic rings. The van der Waals surface area contributed by atoms with Crippen molar-refractivity contribution in [3.8, 4) is 90.1 Å². The molecule has 0 radical (unpaired) electrons. The molecule has 12 heteroatoms. The molecule has 2 N–H and O–H groups in total. The number of aromatic nitrogens is 8. The first-order valence-corrected chi connectivity index (χ1v) is 21.7. The van der Waals surface area contributed by atoms with Gasteiger partial charge in [0.1, 0.15) is 45.9 Å². The second-order valence-corrected chi connectivity index (χ2v) is 16.6. The predicted octanol–water partition coefficient (Wildman–Crippen LogP) is 14.1. The van der Waals surface area contributed by atoms with Crippen LogP contribution in [0.5, 0.6) is 0 Å². The zero-order valence-electron chi connectivity index (χ0n) is 35.4. The van der Waals surface area contributed by atoms with E-state index in [1.165, 1.54) is 24.3 Å². The van der Waals surface area contributed by atoms with Crippen molar-refractivity contribution < 1.29 is 17.6 Å². The third-order valence-electron chi connectivity index (χ3n) is 12.5. The number of hydrogen-bond donors (Lipinski definition) is 2. The van der Waals surface area contributed by atoms with E-state index < -0.39 is 23.3 Å². The maximum atomic E-state index is 16.4. The average Bonchev–Trinajstić information content (AvgIpc) is 4.08. The zero-order chi connectivity index (χ0) is 45.6. The minimum atomic E-state index is -0.511. The van der Waals surface area contributed by atoms with Crippen molar-refractivity contribution in [2.45, 2.75) is 0 Å². The van der Waals surface area contributed by atoms with Crippen LogP contribution < -0.4 is 0 Å². The molecule has 0 saturated carbocycles. The molecule has 0 unspecified atom stereocenters. The molecule has 0 amide bonds. The highest BCUT2D eigenvalue weighted by atomic mass is 19.1. The van der Waals surface area contributed by atoms with Gasteiger partial charge in [-0.25, -0.2) is 47.5 Å². The first-order valence-electron chi connectivity index (χ1n) is 21.7. The van der Waals surface area contributed by atoms with Crippen molar-refractivity contribution in [2.24, 2.45) is 0 Å². The second kappa shape index (κ2) is 15.2. The van der Waals surface area contributed by atoms with Gasteiger partial charge in [-0.3, -0.25) is 0 Å². The van der Waals surface area contributed by atoms with Gasteiger partial charge in [-0.1, -0.05) is 121 Å². The van der Waals surface area contributed by atoms with E-state index in [9.17, 15) is 0 Å². The van der Waals surface area contributed by atoms with E-state index in [0.29, 0.717) is 88.3 Å². The summed E-state index contributed by atoms with van der Waals surface area (Å²) in [7, 11) is 0. The molecule has 68 heavy (non-hydrogen) atoms. The molecule has 8 aromatic carbocycles. The molecule has 0 fully saturated rings. The smallest absolute Gasteiger partial charge is 0.164 e. The molecular weight excluding hydrogens is 861 g/mol. The Morgan fingerprint density at radius 1 is 0.250 bits per heavy atom. The van der Waals surface area contributed by atoms with Crippen molar-refractivity contribution >= 4 is 44.1 Å². The number of halogens is 4. The number of aromatic amines is 2. The van der Waals surface area contributed by atoms with E-state index in [1.807, 2.05) is 121 Å². The normalized spacial score (nSPS) is 11.8. The summed E-state index contributed by atoms with van der Waals surface area (Å²) in [6.07, 6.45) is 0. The lowest BCUT2D eigenvalue weighted by Crippen LogP contribution is -1.90. The van der Waals surface area contributed by atoms with Gasteiger partial charge in [0.15, 0.2) is 23.3 Å². The fourth-order valence-electron chi connectivity index (χ4n) is 9.22. The Morgan fingerprint density at radius 2 is 0.500 bits per heavy atom. The maximum absolute atomic E-state index is 16.4. The lowest BCUT2D eigenvalue weighted by molar-refractivity contribution is 0.631. The molecule has 2 aliphatic heterocycles. The van der Waals surface area contributed by atoms with Gasteiger partial charge in [-0.2, -0.15) is 0 Å². The van der Waals surface area contributed by atoms with Gasteiger partial charge in [0, 0.05) is 66.1 Å². The van der Waals surface area contributed by atoms with Crippen LogP contribution in [0.3, 0.4) is 0 Å². The summed E-state index contributed by atoms with van der Waals surface area (Å²) in [5.74, 6) is -1.47. The Morgan fingerprint density at radius 3 is 0.809 bits per heavy atom. The summed E-state index contributed by atoms with van der Waals surface area (Å²) in [5, 5.41) is 1.73. The summed E-state index contributed by atoms with van der Waals surface area (Å²) >= 11 is 0. The highest BCUT2D eigenvalue weighted by molar-refractivity contribution is 6.08. The third kappa shape index (κ3) is 6.37. The molecule has 13 rings (SSSR count). The second-order valence-electron chi connectivity index (χ2n) is 16.6. The lowest BCUT2D eigenvalue weighted by Gasteiger charge is -2.07. The number of rotatable bonds is 4. The van der Waals surface area contributed by atoms with Crippen LogP contribution >= 0.6 is 0 Å². The van der Waals surface area contributed by atoms with Gasteiger partial charge in [0.05, 0.1) is 0 Å². The predicted molar refractivity (Wildman–Crippen MR) is 258 cm³/mol. The molecule has 0 saturated heterocycles. The summed E-state index contributed by atoms with van der Waals surface area (Å²) in [6, 6.07) is 48.8. The van der Waals surface area contributed by atoms with Gasteiger partial charge in [-0.15, -0.1) is 0 Å². The first-order chi connectivity index (χ1) is 33.3. The van der Waals surface area contributed by atoms with E-state index in [-0.39, 0.29) is 45.9 Å². The molecule has 0 spiro atoms. The fourth-order valence-corrected chi connectivity index (χ4v) is 9.22. The van der Waals surface area contributed by atoms with Crippen LogP contribution in [0, 0.1) is 23.3 Å². The van der Waals surface area contributed by atoms with Crippen LogP contribution in [0.25, 0.3) is 134 Å². The Hall–Kier alpha value is -9.16. The van der Waals surface area contributed by atoms with Gasteiger partial charge in [0.25, 0.3) is 0 Å². The molecule has 11 aromatic rings. The number of hydrogen-bond acceptors (Lipinski definition) is 6. The highest BCUT2D eigenvalue weighted by Crippen LogP contribution is 2.42. The van der Waals surface area contributed by atoms with E-state index in [1.54, 1.807) is 24.3 Å². The Labute approximate surface area is 383 Å². The molecule has 322 valence electrons. The van der Waals surface area contributed by atoms with E-state index >= 15 is 17.6 Å². The standard InChI is InChI=1S/C56H30F4N8/c57-45-25-41-37(21-33(45)29-13-5-1-6-14-29)49-61-53(41)66-50-39-23-35(31-17-9-3-10-18-31)47(59)27-43(39)55(63-50)68-52-40-24-36(32-19-11-4-12-20-32)48(60)28-44(40)56(64-52)67-51-38-22-34(30-15-7-2-8-16-30)46(58)26-42(38)54(62-51)65-49/h1-28H,(H2,61,62,63,64,65,66,67,68).